The molecule has 0 N–H and O–H groups in total. The third-order valence-corrected chi connectivity index (χ3v) is 10.6. The van der Waals surface area contributed by atoms with Gasteiger partial charge in [-0.1, -0.05) is 60.7 Å². The minimum atomic E-state index is 1.13. The Morgan fingerprint density at radius 2 is 1.02 bits per heavy atom. The highest BCUT2D eigenvalue weighted by atomic mass is 32.1. The van der Waals surface area contributed by atoms with Crippen LogP contribution in [0.25, 0.3) is 62.2 Å². The zero-order chi connectivity index (χ0) is 28.3. The molecule has 4 heteroatoms. The molecule has 9 rings (SSSR count). The number of thiophene rings is 2. The van der Waals surface area contributed by atoms with Gasteiger partial charge >= 0.3 is 0 Å². The molecule has 0 bridgehead atoms. The summed E-state index contributed by atoms with van der Waals surface area (Å²) in [6.45, 7) is 0. The molecule has 0 radical (unpaired) electrons. The highest BCUT2D eigenvalue weighted by Crippen LogP contribution is 2.44. The number of pyridine rings is 1. The van der Waals surface area contributed by atoms with E-state index in [9.17, 15) is 0 Å². The molecule has 0 amide bonds. The van der Waals surface area contributed by atoms with Crippen LogP contribution in [-0.2, 0) is 0 Å². The predicted octanol–water partition coefficient (Wildman–Crippen LogP) is 12.1. The van der Waals surface area contributed by atoms with Gasteiger partial charge in [0.2, 0.25) is 0 Å². The average molecular weight is 585 g/mol. The number of aromatic nitrogens is 1. The fourth-order valence-electron chi connectivity index (χ4n) is 6.22. The third-order valence-electron chi connectivity index (χ3n) is 8.32. The van der Waals surface area contributed by atoms with E-state index in [1.165, 1.54) is 62.2 Å². The van der Waals surface area contributed by atoms with E-state index in [0.717, 1.165) is 17.1 Å². The topological polar surface area (TPSA) is 16.1 Å². The Morgan fingerprint density at radius 1 is 0.419 bits per heavy atom. The van der Waals surface area contributed by atoms with Crippen molar-refractivity contribution >= 4 is 90.9 Å². The Morgan fingerprint density at radius 3 is 1.81 bits per heavy atom. The molecular weight excluding hydrogens is 561 g/mol. The molecule has 0 fully saturated rings. The summed E-state index contributed by atoms with van der Waals surface area (Å²) < 4.78 is 5.22. The third kappa shape index (κ3) is 4.10. The van der Waals surface area contributed by atoms with E-state index in [4.69, 9.17) is 0 Å². The molecule has 0 spiro atoms. The van der Waals surface area contributed by atoms with Gasteiger partial charge in [-0.25, -0.2) is 0 Å². The zero-order valence-electron chi connectivity index (χ0n) is 23.1. The summed E-state index contributed by atoms with van der Waals surface area (Å²) in [5.74, 6) is 0. The van der Waals surface area contributed by atoms with Crippen molar-refractivity contribution in [3.8, 4) is 11.1 Å². The van der Waals surface area contributed by atoms with E-state index in [1.54, 1.807) is 0 Å². The zero-order valence-corrected chi connectivity index (χ0v) is 24.7. The van der Waals surface area contributed by atoms with E-state index < -0.39 is 0 Å². The molecule has 0 aliphatic carbocycles. The van der Waals surface area contributed by atoms with Crippen LogP contribution in [-0.4, -0.2) is 4.98 Å². The second-order valence-corrected chi connectivity index (χ2v) is 13.0. The maximum atomic E-state index is 4.38. The van der Waals surface area contributed by atoms with Crippen LogP contribution in [0.1, 0.15) is 0 Å². The summed E-state index contributed by atoms with van der Waals surface area (Å²) in [4.78, 5) is 6.77. The van der Waals surface area contributed by atoms with Crippen LogP contribution in [0.5, 0.6) is 0 Å². The van der Waals surface area contributed by atoms with Gasteiger partial charge in [-0.3, -0.25) is 4.98 Å². The smallest absolute Gasteiger partial charge is 0.0468 e. The lowest BCUT2D eigenvalue weighted by molar-refractivity contribution is 1.30. The molecule has 0 unspecified atom stereocenters. The molecule has 43 heavy (non-hydrogen) atoms. The standard InChI is InChI=1S/C39H24N2S2/c1-2-6-25(7-3-1)26-10-12-29(13-11-26)41(30-14-16-37-34(22-30)32-8-4-5-9-36(32)42-37)31-15-17-38-35(23-31)33-20-28-24-40-19-18-27(28)21-39(33)43-38/h1-24H. The molecule has 0 aliphatic rings. The van der Waals surface area contributed by atoms with E-state index in [2.05, 4.69) is 143 Å². The van der Waals surface area contributed by atoms with Gasteiger partial charge in [0.15, 0.2) is 0 Å². The second kappa shape index (κ2) is 9.77. The van der Waals surface area contributed by atoms with Crippen molar-refractivity contribution in [3.05, 3.63) is 146 Å². The number of benzene rings is 6. The van der Waals surface area contributed by atoms with Gasteiger partial charge in [0.05, 0.1) is 0 Å². The second-order valence-electron chi connectivity index (χ2n) is 10.9. The maximum absolute atomic E-state index is 4.38. The number of hydrogen-bond acceptors (Lipinski definition) is 4. The summed E-state index contributed by atoms with van der Waals surface area (Å²) >= 11 is 3.71. The first-order valence-electron chi connectivity index (χ1n) is 14.4. The van der Waals surface area contributed by atoms with Crippen LogP contribution >= 0.6 is 22.7 Å². The Labute approximate surface area is 256 Å². The van der Waals surface area contributed by atoms with E-state index in [-0.39, 0.29) is 0 Å². The summed E-state index contributed by atoms with van der Waals surface area (Å²) in [5.41, 5.74) is 5.86. The van der Waals surface area contributed by atoms with Crippen LogP contribution in [0, 0.1) is 0 Å². The predicted molar refractivity (Wildman–Crippen MR) is 188 cm³/mol. The largest absolute Gasteiger partial charge is 0.310 e. The molecule has 3 heterocycles. The summed E-state index contributed by atoms with van der Waals surface area (Å²) in [6, 6.07) is 48.7. The van der Waals surface area contributed by atoms with Gasteiger partial charge in [-0.15, -0.1) is 22.7 Å². The highest BCUT2D eigenvalue weighted by molar-refractivity contribution is 7.26. The van der Waals surface area contributed by atoms with Crippen molar-refractivity contribution in [2.75, 3.05) is 4.90 Å². The van der Waals surface area contributed by atoms with Crippen LogP contribution in [0.4, 0.5) is 17.1 Å². The first-order valence-corrected chi connectivity index (χ1v) is 16.0. The minimum absolute atomic E-state index is 1.13. The van der Waals surface area contributed by atoms with Crippen molar-refractivity contribution in [1.29, 1.82) is 0 Å². The molecule has 0 aliphatic heterocycles. The fraction of sp³-hybridized carbons (Fsp3) is 0. The minimum Gasteiger partial charge on any atom is -0.310 e. The SMILES string of the molecule is c1ccc(-c2ccc(N(c3ccc4sc5ccccc5c4c3)c3ccc4sc5cc6ccncc6cc5c4c3)cc2)cc1. The highest BCUT2D eigenvalue weighted by Gasteiger charge is 2.17. The lowest BCUT2D eigenvalue weighted by Crippen LogP contribution is -2.09. The molecular formula is C39H24N2S2. The molecule has 202 valence electrons. The maximum Gasteiger partial charge on any atom is 0.0468 e. The molecule has 3 aromatic heterocycles. The van der Waals surface area contributed by atoms with Gasteiger partial charge in [-0.05, 0) is 89.3 Å². The van der Waals surface area contributed by atoms with E-state index in [0.29, 0.717) is 0 Å². The lowest BCUT2D eigenvalue weighted by Gasteiger charge is -2.26. The quantitative estimate of drug-likeness (QED) is 0.205. The average Bonchev–Trinajstić information content (AvgIpc) is 3.62. The summed E-state index contributed by atoms with van der Waals surface area (Å²) in [6.07, 6.45) is 3.83. The van der Waals surface area contributed by atoms with Gasteiger partial charge < -0.3 is 4.90 Å². The number of fused-ring (bicyclic) bond motifs is 7. The first kappa shape index (κ1) is 24.6. The summed E-state index contributed by atoms with van der Waals surface area (Å²) in [7, 11) is 0. The molecule has 0 atom stereocenters. The van der Waals surface area contributed by atoms with Gasteiger partial charge in [0.1, 0.15) is 0 Å². The van der Waals surface area contributed by atoms with Crippen molar-refractivity contribution in [1.82, 2.24) is 4.98 Å². The van der Waals surface area contributed by atoms with E-state index in [1.807, 2.05) is 35.1 Å². The Hall–Kier alpha value is -5.03. The number of anilines is 3. The number of rotatable bonds is 4. The van der Waals surface area contributed by atoms with Gasteiger partial charge in [-0.2, -0.15) is 0 Å². The van der Waals surface area contributed by atoms with Gasteiger partial charge in [0, 0.05) is 75.2 Å². The van der Waals surface area contributed by atoms with Crippen LogP contribution in [0.15, 0.2) is 146 Å². The van der Waals surface area contributed by atoms with Crippen LogP contribution in [0.2, 0.25) is 0 Å². The number of nitrogens with zero attached hydrogens (tertiary/aromatic N) is 2. The van der Waals surface area contributed by atoms with Crippen LogP contribution in [0.3, 0.4) is 0 Å². The molecule has 0 saturated carbocycles. The molecule has 6 aromatic carbocycles. The van der Waals surface area contributed by atoms with Gasteiger partial charge in [0.25, 0.3) is 0 Å². The van der Waals surface area contributed by atoms with Crippen molar-refractivity contribution in [2.45, 2.75) is 0 Å². The van der Waals surface area contributed by atoms with E-state index >= 15 is 0 Å². The molecule has 9 aromatic rings. The fourth-order valence-corrected chi connectivity index (χ4v) is 8.42. The number of hydrogen-bond donors (Lipinski definition) is 0. The van der Waals surface area contributed by atoms with Crippen molar-refractivity contribution < 1.29 is 0 Å². The normalized spacial score (nSPS) is 11.7. The Bertz CT molecular complexity index is 2450. The lowest BCUT2D eigenvalue weighted by atomic mass is 10.0. The molecule has 0 saturated heterocycles. The Balaban J connectivity index is 1.25. The Kier molecular flexibility index (Phi) is 5.58. The van der Waals surface area contributed by atoms with Crippen molar-refractivity contribution in [3.63, 3.8) is 0 Å². The molecule has 2 nitrogen and oxygen atoms in total. The first-order chi connectivity index (χ1) is 21.3. The van der Waals surface area contributed by atoms with Crippen LogP contribution < -0.4 is 4.90 Å². The summed E-state index contributed by atoms with van der Waals surface area (Å²) in [5, 5.41) is 7.56. The van der Waals surface area contributed by atoms with Crippen molar-refractivity contribution in [2.24, 2.45) is 0 Å². The monoisotopic (exact) mass is 584 g/mol.